The maximum Gasteiger partial charge on any atom is 0.122 e. The minimum absolute atomic E-state index is 0.449. The standard InChI is InChI=1S/C25H29NO3/c1-20(2)24-10-6-7-11-25(24)29-17-16-26-21-12-14-23(15-13-21)28-19-18-27-22-8-4-3-5-9-22/h3-15,20,26H,16-19H2,1-2H3. The Morgan fingerprint density at radius 2 is 1.28 bits per heavy atom. The van der Waals surface area contributed by atoms with E-state index in [-0.39, 0.29) is 0 Å². The summed E-state index contributed by atoms with van der Waals surface area (Å²) < 4.78 is 17.3. The lowest BCUT2D eigenvalue weighted by atomic mass is 10.0. The fourth-order valence-corrected chi connectivity index (χ4v) is 2.95. The highest BCUT2D eigenvalue weighted by Crippen LogP contribution is 2.25. The van der Waals surface area contributed by atoms with Crippen molar-refractivity contribution in [1.82, 2.24) is 0 Å². The van der Waals surface area contributed by atoms with Crippen LogP contribution in [0.15, 0.2) is 78.9 Å². The van der Waals surface area contributed by atoms with Crippen molar-refractivity contribution in [2.45, 2.75) is 19.8 Å². The summed E-state index contributed by atoms with van der Waals surface area (Å²) in [6.07, 6.45) is 0. The average molecular weight is 392 g/mol. The van der Waals surface area contributed by atoms with Crippen LogP contribution in [0, 0.1) is 0 Å². The predicted molar refractivity (Wildman–Crippen MR) is 118 cm³/mol. The second-order valence-corrected chi connectivity index (χ2v) is 7.00. The first-order valence-electron chi connectivity index (χ1n) is 10.1. The molecule has 0 aliphatic rings. The van der Waals surface area contributed by atoms with Gasteiger partial charge in [0.15, 0.2) is 0 Å². The fraction of sp³-hybridized carbons (Fsp3) is 0.280. The molecule has 4 nitrogen and oxygen atoms in total. The molecule has 29 heavy (non-hydrogen) atoms. The van der Waals surface area contributed by atoms with Gasteiger partial charge < -0.3 is 19.5 Å². The summed E-state index contributed by atoms with van der Waals surface area (Å²) in [5.74, 6) is 3.10. The number of para-hydroxylation sites is 2. The van der Waals surface area contributed by atoms with Gasteiger partial charge in [-0.15, -0.1) is 0 Å². The number of rotatable bonds is 11. The molecule has 3 aromatic rings. The van der Waals surface area contributed by atoms with Crippen LogP contribution >= 0.6 is 0 Å². The SMILES string of the molecule is CC(C)c1ccccc1OCCNc1ccc(OCCOc2ccccc2)cc1. The summed E-state index contributed by atoms with van der Waals surface area (Å²) in [5.41, 5.74) is 2.28. The molecule has 0 amide bonds. The van der Waals surface area contributed by atoms with E-state index in [0.717, 1.165) is 29.5 Å². The van der Waals surface area contributed by atoms with Crippen LogP contribution in [0.2, 0.25) is 0 Å². The van der Waals surface area contributed by atoms with E-state index in [0.29, 0.717) is 25.7 Å². The third-order valence-corrected chi connectivity index (χ3v) is 4.45. The summed E-state index contributed by atoms with van der Waals surface area (Å²) in [7, 11) is 0. The van der Waals surface area contributed by atoms with E-state index in [1.807, 2.05) is 66.7 Å². The fourth-order valence-electron chi connectivity index (χ4n) is 2.95. The van der Waals surface area contributed by atoms with E-state index < -0.39 is 0 Å². The van der Waals surface area contributed by atoms with Gasteiger partial charge in [-0.25, -0.2) is 0 Å². The number of hydrogen-bond donors (Lipinski definition) is 1. The minimum Gasteiger partial charge on any atom is -0.491 e. The van der Waals surface area contributed by atoms with Crippen LogP contribution in [0.25, 0.3) is 0 Å². The lowest BCUT2D eigenvalue weighted by Crippen LogP contribution is -2.12. The van der Waals surface area contributed by atoms with Crippen molar-refractivity contribution in [3.63, 3.8) is 0 Å². The first-order chi connectivity index (χ1) is 14.2. The molecule has 1 N–H and O–H groups in total. The van der Waals surface area contributed by atoms with Gasteiger partial charge in [0.2, 0.25) is 0 Å². The van der Waals surface area contributed by atoms with Crippen molar-refractivity contribution in [1.29, 1.82) is 0 Å². The maximum atomic E-state index is 5.94. The third-order valence-electron chi connectivity index (χ3n) is 4.45. The van der Waals surface area contributed by atoms with Crippen molar-refractivity contribution < 1.29 is 14.2 Å². The minimum atomic E-state index is 0.449. The Morgan fingerprint density at radius 1 is 0.655 bits per heavy atom. The van der Waals surface area contributed by atoms with Gasteiger partial charge >= 0.3 is 0 Å². The zero-order chi connectivity index (χ0) is 20.3. The zero-order valence-electron chi connectivity index (χ0n) is 17.1. The molecule has 3 aromatic carbocycles. The molecular formula is C25H29NO3. The highest BCUT2D eigenvalue weighted by molar-refractivity contribution is 5.46. The maximum absolute atomic E-state index is 5.94. The lowest BCUT2D eigenvalue weighted by molar-refractivity contribution is 0.217. The van der Waals surface area contributed by atoms with Gasteiger partial charge in [0.25, 0.3) is 0 Å². The predicted octanol–water partition coefficient (Wildman–Crippen LogP) is 5.76. The normalized spacial score (nSPS) is 10.6. The molecule has 0 radical (unpaired) electrons. The van der Waals surface area contributed by atoms with Crippen LogP contribution in [0.5, 0.6) is 17.2 Å². The lowest BCUT2D eigenvalue weighted by Gasteiger charge is -2.14. The van der Waals surface area contributed by atoms with Gasteiger partial charge in [-0.05, 0) is 53.9 Å². The van der Waals surface area contributed by atoms with Crippen LogP contribution in [-0.4, -0.2) is 26.4 Å². The molecule has 0 bridgehead atoms. The molecular weight excluding hydrogens is 362 g/mol. The van der Waals surface area contributed by atoms with E-state index in [1.165, 1.54) is 5.56 Å². The van der Waals surface area contributed by atoms with Gasteiger partial charge in [0, 0.05) is 12.2 Å². The number of benzene rings is 3. The molecule has 0 saturated heterocycles. The first kappa shape index (κ1) is 20.6. The first-order valence-corrected chi connectivity index (χ1v) is 10.1. The van der Waals surface area contributed by atoms with Crippen LogP contribution in [0.4, 0.5) is 5.69 Å². The van der Waals surface area contributed by atoms with E-state index in [1.54, 1.807) is 0 Å². The average Bonchev–Trinajstić information content (AvgIpc) is 2.76. The molecule has 0 atom stereocenters. The molecule has 0 unspecified atom stereocenters. The molecule has 0 aliphatic heterocycles. The van der Waals surface area contributed by atoms with E-state index in [2.05, 4.69) is 31.3 Å². The Hall–Kier alpha value is -3.14. The highest BCUT2D eigenvalue weighted by Gasteiger charge is 2.06. The molecule has 0 aliphatic carbocycles. The monoisotopic (exact) mass is 391 g/mol. The molecule has 0 fully saturated rings. The van der Waals surface area contributed by atoms with Crippen LogP contribution in [0.3, 0.4) is 0 Å². The molecule has 0 heterocycles. The van der Waals surface area contributed by atoms with Crippen molar-refractivity contribution >= 4 is 5.69 Å². The smallest absolute Gasteiger partial charge is 0.122 e. The summed E-state index contributed by atoms with van der Waals surface area (Å²) >= 11 is 0. The molecule has 0 aromatic heterocycles. The highest BCUT2D eigenvalue weighted by atomic mass is 16.5. The van der Waals surface area contributed by atoms with E-state index in [9.17, 15) is 0 Å². The van der Waals surface area contributed by atoms with Crippen molar-refractivity contribution in [3.05, 3.63) is 84.4 Å². The summed E-state index contributed by atoms with van der Waals surface area (Å²) in [6, 6.07) is 25.9. The van der Waals surface area contributed by atoms with Crippen molar-refractivity contribution in [2.24, 2.45) is 0 Å². The summed E-state index contributed by atoms with van der Waals surface area (Å²) in [4.78, 5) is 0. The number of anilines is 1. The zero-order valence-corrected chi connectivity index (χ0v) is 17.1. The van der Waals surface area contributed by atoms with Gasteiger partial charge in [-0.3, -0.25) is 0 Å². The Morgan fingerprint density at radius 3 is 1.97 bits per heavy atom. The molecule has 152 valence electrons. The van der Waals surface area contributed by atoms with Crippen molar-refractivity contribution in [2.75, 3.05) is 31.7 Å². The second kappa shape index (κ2) is 11.0. The Bertz CT molecular complexity index is 847. The Labute approximate surface area is 173 Å². The summed E-state index contributed by atoms with van der Waals surface area (Å²) in [5, 5.41) is 3.37. The number of ether oxygens (including phenoxy) is 3. The van der Waals surface area contributed by atoms with Gasteiger partial charge in [-0.1, -0.05) is 50.2 Å². The Kier molecular flexibility index (Phi) is 7.81. The van der Waals surface area contributed by atoms with Crippen molar-refractivity contribution in [3.8, 4) is 17.2 Å². The number of hydrogen-bond acceptors (Lipinski definition) is 4. The quantitative estimate of drug-likeness (QED) is 0.422. The molecule has 0 spiro atoms. The van der Waals surface area contributed by atoms with Gasteiger partial charge in [0.05, 0.1) is 0 Å². The topological polar surface area (TPSA) is 39.7 Å². The van der Waals surface area contributed by atoms with E-state index >= 15 is 0 Å². The molecule has 4 heteroatoms. The van der Waals surface area contributed by atoms with Gasteiger partial charge in [-0.2, -0.15) is 0 Å². The molecule has 3 rings (SSSR count). The van der Waals surface area contributed by atoms with E-state index in [4.69, 9.17) is 14.2 Å². The Balaban J connectivity index is 1.35. The van der Waals surface area contributed by atoms with Crippen LogP contribution in [0.1, 0.15) is 25.3 Å². The third kappa shape index (κ3) is 6.75. The largest absolute Gasteiger partial charge is 0.491 e. The second-order valence-electron chi connectivity index (χ2n) is 7.00. The van der Waals surface area contributed by atoms with Crippen LogP contribution < -0.4 is 19.5 Å². The van der Waals surface area contributed by atoms with Crippen LogP contribution in [-0.2, 0) is 0 Å². The van der Waals surface area contributed by atoms with Gasteiger partial charge in [0.1, 0.15) is 37.1 Å². The molecule has 0 saturated carbocycles. The number of nitrogens with one attached hydrogen (secondary N) is 1. The summed E-state index contributed by atoms with van der Waals surface area (Å²) in [6.45, 7) is 6.72.